The summed E-state index contributed by atoms with van der Waals surface area (Å²) in [6.45, 7) is 3.44. The molecule has 1 N–H and O–H groups in total. The molecule has 1 saturated heterocycles. The molecule has 3 heterocycles. The Bertz CT molecular complexity index is 1010. The Morgan fingerprint density at radius 2 is 1.89 bits per heavy atom. The number of hydrogen-bond donors (Lipinski definition) is 1. The third kappa shape index (κ3) is 3.82. The van der Waals surface area contributed by atoms with Gasteiger partial charge in [0.05, 0.1) is 21.8 Å². The highest BCUT2D eigenvalue weighted by Gasteiger charge is 2.20. The molecule has 3 aromatic rings. The van der Waals surface area contributed by atoms with E-state index in [0.29, 0.717) is 22.5 Å². The van der Waals surface area contributed by atoms with Crippen molar-refractivity contribution in [1.29, 1.82) is 0 Å². The molecule has 4 rings (SSSR count). The van der Waals surface area contributed by atoms with E-state index in [4.69, 9.17) is 0 Å². The molecule has 0 bridgehead atoms. The van der Waals surface area contributed by atoms with Crippen molar-refractivity contribution in [3.05, 3.63) is 70.7 Å². The number of aryl methyl sites for hydroxylation is 1. The molecule has 5 nitrogen and oxygen atoms in total. The van der Waals surface area contributed by atoms with Crippen molar-refractivity contribution in [1.82, 2.24) is 9.88 Å². The van der Waals surface area contributed by atoms with E-state index in [2.05, 4.69) is 10.3 Å². The maximum absolute atomic E-state index is 12.7. The maximum atomic E-state index is 12.7. The van der Waals surface area contributed by atoms with Gasteiger partial charge >= 0.3 is 0 Å². The van der Waals surface area contributed by atoms with Crippen LogP contribution in [0.3, 0.4) is 0 Å². The lowest BCUT2D eigenvalue weighted by Crippen LogP contribution is -2.27. The predicted octanol–water partition coefficient (Wildman–Crippen LogP) is 4.61. The van der Waals surface area contributed by atoms with Crippen LogP contribution in [0.15, 0.2) is 53.9 Å². The summed E-state index contributed by atoms with van der Waals surface area (Å²) >= 11 is 1.62. The van der Waals surface area contributed by atoms with E-state index in [0.717, 1.165) is 36.5 Å². The summed E-state index contributed by atoms with van der Waals surface area (Å²) in [7, 11) is 0. The molecule has 142 valence electrons. The number of rotatable bonds is 4. The standard InChI is InChI=1S/C22H21N3O2S/c1-15-18(9-10-19(23-15)20-8-5-13-28-20)21(26)24-17-7-4-6-16(14-17)22(27)25-11-2-3-12-25/h4-10,13-14H,2-3,11-12H2,1H3,(H,24,26). The van der Waals surface area contributed by atoms with Gasteiger partial charge in [0.2, 0.25) is 0 Å². The first-order chi connectivity index (χ1) is 13.6. The van der Waals surface area contributed by atoms with Crippen molar-refractivity contribution < 1.29 is 9.59 Å². The summed E-state index contributed by atoms with van der Waals surface area (Å²) in [4.78, 5) is 32.8. The highest BCUT2D eigenvalue weighted by atomic mass is 32.1. The number of amides is 2. The molecule has 2 aromatic heterocycles. The Hall–Kier alpha value is -2.99. The Morgan fingerprint density at radius 3 is 2.61 bits per heavy atom. The Labute approximate surface area is 168 Å². The maximum Gasteiger partial charge on any atom is 0.257 e. The van der Waals surface area contributed by atoms with Gasteiger partial charge in [-0.2, -0.15) is 0 Å². The molecule has 28 heavy (non-hydrogen) atoms. The first kappa shape index (κ1) is 18.4. The summed E-state index contributed by atoms with van der Waals surface area (Å²) < 4.78 is 0. The molecule has 1 aromatic carbocycles. The summed E-state index contributed by atoms with van der Waals surface area (Å²) in [6.07, 6.45) is 2.10. The summed E-state index contributed by atoms with van der Waals surface area (Å²) in [6, 6.07) is 14.8. The first-order valence-electron chi connectivity index (χ1n) is 9.34. The number of aromatic nitrogens is 1. The quantitative estimate of drug-likeness (QED) is 0.707. The van der Waals surface area contributed by atoms with Crippen LogP contribution in [0.5, 0.6) is 0 Å². The number of carbonyl (C=O) groups excluding carboxylic acids is 2. The third-order valence-corrected chi connectivity index (χ3v) is 5.76. The van der Waals surface area contributed by atoms with E-state index in [-0.39, 0.29) is 11.8 Å². The van der Waals surface area contributed by atoms with Gasteiger partial charge in [-0.15, -0.1) is 11.3 Å². The van der Waals surface area contributed by atoms with Crippen molar-refractivity contribution in [2.24, 2.45) is 0 Å². The van der Waals surface area contributed by atoms with E-state index in [1.54, 1.807) is 41.7 Å². The van der Waals surface area contributed by atoms with Crippen LogP contribution in [-0.2, 0) is 0 Å². The zero-order valence-electron chi connectivity index (χ0n) is 15.6. The van der Waals surface area contributed by atoms with Crippen molar-refractivity contribution in [2.45, 2.75) is 19.8 Å². The van der Waals surface area contributed by atoms with Gasteiger partial charge in [-0.05, 0) is 61.5 Å². The normalized spacial score (nSPS) is 13.5. The Morgan fingerprint density at radius 1 is 1.07 bits per heavy atom. The molecule has 0 atom stereocenters. The summed E-state index contributed by atoms with van der Waals surface area (Å²) in [5.41, 5.74) is 3.27. The fraction of sp³-hybridized carbons (Fsp3) is 0.227. The van der Waals surface area contributed by atoms with Gasteiger partial charge in [-0.3, -0.25) is 14.6 Å². The molecule has 0 radical (unpaired) electrons. The predicted molar refractivity (Wildman–Crippen MR) is 112 cm³/mol. The Kier molecular flexibility index (Phi) is 5.21. The van der Waals surface area contributed by atoms with Gasteiger partial charge in [0.25, 0.3) is 11.8 Å². The van der Waals surface area contributed by atoms with Crippen molar-refractivity contribution >= 4 is 28.8 Å². The van der Waals surface area contributed by atoms with E-state index in [1.165, 1.54) is 0 Å². The van der Waals surface area contributed by atoms with Crippen molar-refractivity contribution in [3.63, 3.8) is 0 Å². The summed E-state index contributed by atoms with van der Waals surface area (Å²) in [5.74, 6) is -0.208. The second-order valence-electron chi connectivity index (χ2n) is 6.84. The van der Waals surface area contributed by atoms with Gasteiger partial charge in [0, 0.05) is 24.3 Å². The van der Waals surface area contributed by atoms with E-state index in [9.17, 15) is 9.59 Å². The molecule has 1 aliphatic rings. The smallest absolute Gasteiger partial charge is 0.257 e. The highest BCUT2D eigenvalue weighted by molar-refractivity contribution is 7.13. The van der Waals surface area contributed by atoms with Gasteiger partial charge in [0.1, 0.15) is 0 Å². The molecule has 6 heteroatoms. The van der Waals surface area contributed by atoms with Crippen molar-refractivity contribution in [2.75, 3.05) is 18.4 Å². The number of hydrogen-bond acceptors (Lipinski definition) is 4. The number of anilines is 1. The molecular formula is C22H21N3O2S. The first-order valence-corrected chi connectivity index (χ1v) is 10.2. The van der Waals surface area contributed by atoms with Gasteiger partial charge in [-0.25, -0.2) is 0 Å². The van der Waals surface area contributed by atoms with Crippen LogP contribution in [0.1, 0.15) is 39.3 Å². The number of benzene rings is 1. The number of likely N-dealkylation sites (tertiary alicyclic amines) is 1. The second kappa shape index (κ2) is 7.94. The number of nitrogens with zero attached hydrogens (tertiary/aromatic N) is 2. The lowest BCUT2D eigenvalue weighted by Gasteiger charge is -2.16. The molecule has 0 spiro atoms. The SMILES string of the molecule is Cc1nc(-c2cccs2)ccc1C(=O)Nc1cccc(C(=O)N2CCCC2)c1. The topological polar surface area (TPSA) is 62.3 Å². The third-order valence-electron chi connectivity index (χ3n) is 4.86. The van der Waals surface area contributed by atoms with Crippen LogP contribution in [0.2, 0.25) is 0 Å². The Balaban J connectivity index is 1.51. The van der Waals surface area contributed by atoms with Crippen LogP contribution >= 0.6 is 11.3 Å². The van der Waals surface area contributed by atoms with E-state index >= 15 is 0 Å². The van der Waals surface area contributed by atoms with E-state index < -0.39 is 0 Å². The minimum Gasteiger partial charge on any atom is -0.339 e. The van der Waals surface area contributed by atoms with Crippen LogP contribution in [0, 0.1) is 6.92 Å². The largest absolute Gasteiger partial charge is 0.339 e. The number of thiophene rings is 1. The van der Waals surface area contributed by atoms with Gasteiger partial charge < -0.3 is 10.2 Å². The fourth-order valence-electron chi connectivity index (χ4n) is 3.39. The lowest BCUT2D eigenvalue weighted by molar-refractivity contribution is 0.0792. The molecular weight excluding hydrogens is 370 g/mol. The molecule has 2 amide bonds. The van der Waals surface area contributed by atoms with Crippen LogP contribution in [0.25, 0.3) is 10.6 Å². The lowest BCUT2D eigenvalue weighted by atomic mass is 10.1. The van der Waals surface area contributed by atoms with E-state index in [1.807, 2.05) is 35.4 Å². The average molecular weight is 391 g/mol. The molecule has 1 fully saturated rings. The van der Waals surface area contributed by atoms with Gasteiger partial charge in [-0.1, -0.05) is 12.1 Å². The molecule has 1 aliphatic heterocycles. The van der Waals surface area contributed by atoms with Gasteiger partial charge in [0.15, 0.2) is 0 Å². The minimum absolute atomic E-state index is 0.0201. The number of pyridine rings is 1. The number of nitrogens with one attached hydrogen (secondary N) is 1. The zero-order chi connectivity index (χ0) is 19.5. The second-order valence-corrected chi connectivity index (χ2v) is 7.79. The van der Waals surface area contributed by atoms with Crippen LogP contribution in [0.4, 0.5) is 5.69 Å². The highest BCUT2D eigenvalue weighted by Crippen LogP contribution is 2.24. The van der Waals surface area contributed by atoms with Crippen molar-refractivity contribution in [3.8, 4) is 10.6 Å². The minimum atomic E-state index is -0.228. The summed E-state index contributed by atoms with van der Waals surface area (Å²) in [5, 5.41) is 4.90. The van der Waals surface area contributed by atoms with Crippen LogP contribution in [-0.4, -0.2) is 34.8 Å². The zero-order valence-corrected chi connectivity index (χ0v) is 16.5. The average Bonchev–Trinajstić information content (AvgIpc) is 3.41. The van der Waals surface area contributed by atoms with Crippen LogP contribution < -0.4 is 5.32 Å². The number of carbonyl (C=O) groups is 2. The fourth-order valence-corrected chi connectivity index (χ4v) is 4.09. The molecule has 0 saturated carbocycles. The monoisotopic (exact) mass is 391 g/mol. The molecule has 0 aliphatic carbocycles. The molecule has 0 unspecified atom stereocenters.